The van der Waals surface area contributed by atoms with Gasteiger partial charge in [-0.1, -0.05) is 12.1 Å². The molecule has 0 spiro atoms. The van der Waals surface area contributed by atoms with Crippen molar-refractivity contribution in [3.63, 3.8) is 0 Å². The zero-order valence-corrected chi connectivity index (χ0v) is 25.6. The average Bonchev–Trinajstić information content (AvgIpc) is 3.04. The van der Waals surface area contributed by atoms with Crippen LogP contribution in [0.1, 0.15) is 25.0 Å². The van der Waals surface area contributed by atoms with Gasteiger partial charge in [0.05, 0.1) is 33.0 Å². The molecule has 0 bridgehead atoms. The van der Waals surface area contributed by atoms with Crippen molar-refractivity contribution in [1.82, 2.24) is 25.0 Å². The fraction of sp³-hybridized carbons (Fsp3) is 0.594. The van der Waals surface area contributed by atoms with Crippen molar-refractivity contribution < 1.29 is 28.2 Å². The zero-order valence-electron chi connectivity index (χ0n) is 25.6. The molecule has 3 fully saturated rings. The predicted molar refractivity (Wildman–Crippen MR) is 162 cm³/mol. The number of carbonyl (C=O) groups is 2. The standard InChI is InChI=1S/C32H43FN6O5/c1-22-17-38(27(16-34-22)18-37-9-12-43-20-23(37)2)19-30(40)39-28-14-25(13-24-3-5-26(33)6-4-24)15-35-31(28)44-21-29(39)32(41)36-7-10-42-11-8-36/h3-6,14-15,22-23,27,29,34H,7-13,16-21H2,1-2H3/t22-,23-,27-,29?/m1/s1. The van der Waals surface area contributed by atoms with Crippen LogP contribution < -0.4 is 15.0 Å². The molecular weight excluding hydrogens is 567 g/mol. The number of carbonyl (C=O) groups excluding carboxylic acids is 2. The number of hydrogen-bond donors (Lipinski definition) is 1. The van der Waals surface area contributed by atoms with Crippen molar-refractivity contribution in [3.8, 4) is 5.88 Å². The fourth-order valence-corrected chi connectivity index (χ4v) is 6.54. The van der Waals surface area contributed by atoms with Crippen molar-refractivity contribution in [2.45, 2.75) is 44.4 Å². The number of nitrogens with one attached hydrogen (secondary N) is 1. The SMILES string of the molecule is C[C@@H]1CN(CC(=O)N2c3cc(Cc4ccc(F)cc4)cnc3OCC2C(=O)N2CCOCC2)[C@@H](CN2CCOC[C@H]2C)CN1. The second kappa shape index (κ2) is 13.9. The maximum absolute atomic E-state index is 14.5. The molecule has 2 amide bonds. The number of anilines is 1. The quantitative estimate of drug-likeness (QED) is 0.495. The lowest BCUT2D eigenvalue weighted by Crippen LogP contribution is -2.64. The highest BCUT2D eigenvalue weighted by molar-refractivity contribution is 6.03. The molecule has 0 aliphatic carbocycles. The van der Waals surface area contributed by atoms with Crippen LogP contribution in [-0.4, -0.2) is 135 Å². The summed E-state index contributed by atoms with van der Waals surface area (Å²) < 4.78 is 30.7. The number of fused-ring (bicyclic) bond motifs is 1. The molecule has 11 nitrogen and oxygen atoms in total. The van der Waals surface area contributed by atoms with Crippen molar-refractivity contribution in [2.24, 2.45) is 0 Å². The lowest BCUT2D eigenvalue weighted by molar-refractivity contribution is -0.139. The molecule has 12 heteroatoms. The average molecular weight is 611 g/mol. The molecule has 0 radical (unpaired) electrons. The molecule has 5 heterocycles. The van der Waals surface area contributed by atoms with Gasteiger partial charge in [-0.2, -0.15) is 0 Å². The summed E-state index contributed by atoms with van der Waals surface area (Å²) >= 11 is 0. The van der Waals surface area contributed by atoms with E-state index >= 15 is 0 Å². The summed E-state index contributed by atoms with van der Waals surface area (Å²) in [6, 6.07) is 8.08. The monoisotopic (exact) mass is 610 g/mol. The number of rotatable bonds is 7. The molecule has 1 N–H and O–H groups in total. The summed E-state index contributed by atoms with van der Waals surface area (Å²) in [6.45, 7) is 11.0. The Labute approximate surface area is 258 Å². The van der Waals surface area contributed by atoms with Crippen molar-refractivity contribution in [2.75, 3.05) is 83.7 Å². The Balaban J connectivity index is 1.28. The van der Waals surface area contributed by atoms with Gasteiger partial charge in [0, 0.05) is 63.6 Å². The first-order chi connectivity index (χ1) is 21.4. The summed E-state index contributed by atoms with van der Waals surface area (Å²) in [5.41, 5.74) is 2.25. The molecule has 4 aliphatic heterocycles. The Hall–Kier alpha value is -3.16. The van der Waals surface area contributed by atoms with Gasteiger partial charge in [-0.05, 0) is 49.6 Å². The molecule has 1 aromatic heterocycles. The van der Waals surface area contributed by atoms with Crippen LogP contribution in [0.25, 0.3) is 0 Å². The number of benzene rings is 1. The summed E-state index contributed by atoms with van der Waals surface area (Å²) in [4.78, 5) is 41.0. The molecule has 0 saturated carbocycles. The van der Waals surface area contributed by atoms with Crippen LogP contribution in [0.2, 0.25) is 0 Å². The second-order valence-electron chi connectivity index (χ2n) is 12.3. The molecule has 6 rings (SSSR count). The summed E-state index contributed by atoms with van der Waals surface area (Å²) in [6.07, 6.45) is 2.21. The van der Waals surface area contributed by atoms with E-state index in [0.717, 1.165) is 37.3 Å². The Morgan fingerprint density at radius 1 is 1.00 bits per heavy atom. The van der Waals surface area contributed by atoms with E-state index in [-0.39, 0.29) is 42.9 Å². The Bertz CT molecular complexity index is 1310. The third-order valence-electron chi connectivity index (χ3n) is 9.05. The van der Waals surface area contributed by atoms with Crippen LogP contribution in [0.3, 0.4) is 0 Å². The van der Waals surface area contributed by atoms with Crippen LogP contribution in [0.5, 0.6) is 5.88 Å². The van der Waals surface area contributed by atoms with Crippen LogP contribution in [0.15, 0.2) is 36.5 Å². The number of aromatic nitrogens is 1. The predicted octanol–water partition coefficient (Wildman–Crippen LogP) is 1.15. The molecule has 1 aromatic carbocycles. The van der Waals surface area contributed by atoms with Crippen molar-refractivity contribution in [3.05, 3.63) is 53.5 Å². The number of nitrogens with zero attached hydrogens (tertiary/aromatic N) is 5. The number of ether oxygens (including phenoxy) is 3. The number of amides is 2. The van der Waals surface area contributed by atoms with Gasteiger partial charge in [0.2, 0.25) is 17.7 Å². The van der Waals surface area contributed by atoms with Crippen molar-refractivity contribution in [1.29, 1.82) is 0 Å². The highest BCUT2D eigenvalue weighted by Gasteiger charge is 2.42. The Morgan fingerprint density at radius 2 is 1.77 bits per heavy atom. The lowest BCUT2D eigenvalue weighted by Gasteiger charge is -2.45. The number of hydrogen-bond acceptors (Lipinski definition) is 9. The molecule has 4 atom stereocenters. The third kappa shape index (κ3) is 7.05. The summed E-state index contributed by atoms with van der Waals surface area (Å²) in [5, 5.41) is 3.59. The van der Waals surface area contributed by atoms with Gasteiger partial charge in [0.25, 0.3) is 0 Å². The molecule has 3 saturated heterocycles. The maximum Gasteiger partial charge on any atom is 0.249 e. The molecular formula is C32H43FN6O5. The van der Waals surface area contributed by atoms with E-state index in [1.165, 1.54) is 12.1 Å². The van der Waals surface area contributed by atoms with Gasteiger partial charge in [-0.3, -0.25) is 24.3 Å². The minimum atomic E-state index is -0.811. The minimum Gasteiger partial charge on any atom is -0.473 e. The van der Waals surface area contributed by atoms with Crippen LogP contribution in [0, 0.1) is 5.82 Å². The highest BCUT2D eigenvalue weighted by atomic mass is 19.1. The van der Waals surface area contributed by atoms with Gasteiger partial charge in [0.15, 0.2) is 0 Å². The fourth-order valence-electron chi connectivity index (χ4n) is 6.54. The zero-order chi connectivity index (χ0) is 30.6. The molecule has 238 valence electrons. The number of piperazine rings is 1. The van der Waals surface area contributed by atoms with Crippen molar-refractivity contribution >= 4 is 17.5 Å². The Kier molecular flexibility index (Phi) is 9.72. The highest BCUT2D eigenvalue weighted by Crippen LogP contribution is 2.34. The first-order valence-corrected chi connectivity index (χ1v) is 15.7. The largest absolute Gasteiger partial charge is 0.473 e. The molecule has 1 unspecified atom stereocenters. The van der Waals surface area contributed by atoms with Gasteiger partial charge in [0.1, 0.15) is 24.2 Å². The van der Waals surface area contributed by atoms with E-state index in [2.05, 4.69) is 33.9 Å². The van der Waals surface area contributed by atoms with E-state index in [9.17, 15) is 14.0 Å². The molecule has 44 heavy (non-hydrogen) atoms. The number of halogens is 1. The molecule has 2 aromatic rings. The maximum atomic E-state index is 14.5. The number of pyridine rings is 1. The molecule has 4 aliphatic rings. The van der Waals surface area contributed by atoms with Crippen LogP contribution in [0.4, 0.5) is 10.1 Å². The third-order valence-corrected chi connectivity index (χ3v) is 9.05. The number of morpholine rings is 2. The van der Waals surface area contributed by atoms with Gasteiger partial charge >= 0.3 is 0 Å². The van der Waals surface area contributed by atoms with Crippen LogP contribution in [-0.2, 0) is 25.5 Å². The summed E-state index contributed by atoms with van der Waals surface area (Å²) in [7, 11) is 0. The lowest BCUT2D eigenvalue weighted by atomic mass is 10.0. The van der Waals surface area contributed by atoms with E-state index in [0.29, 0.717) is 63.5 Å². The van der Waals surface area contributed by atoms with Crippen LogP contribution >= 0.6 is 0 Å². The van der Waals surface area contributed by atoms with E-state index in [4.69, 9.17) is 14.2 Å². The van der Waals surface area contributed by atoms with E-state index < -0.39 is 6.04 Å². The normalized spacial score (nSPS) is 26.6. The second-order valence-corrected chi connectivity index (χ2v) is 12.3. The van der Waals surface area contributed by atoms with Gasteiger partial charge < -0.3 is 24.4 Å². The first kappa shape index (κ1) is 30.8. The minimum absolute atomic E-state index is 0.0336. The smallest absolute Gasteiger partial charge is 0.249 e. The summed E-state index contributed by atoms with van der Waals surface area (Å²) in [5.74, 6) is -0.269. The van der Waals surface area contributed by atoms with Gasteiger partial charge in [-0.25, -0.2) is 9.37 Å². The van der Waals surface area contributed by atoms with Gasteiger partial charge in [-0.15, -0.1) is 0 Å². The first-order valence-electron chi connectivity index (χ1n) is 15.7. The van der Waals surface area contributed by atoms with E-state index in [1.807, 2.05) is 6.07 Å². The Morgan fingerprint density at radius 3 is 2.55 bits per heavy atom. The topological polar surface area (TPSA) is 99.7 Å². The van der Waals surface area contributed by atoms with E-state index in [1.54, 1.807) is 28.1 Å².